The average molecular weight is 324 g/mol. The van der Waals surface area contributed by atoms with Gasteiger partial charge in [-0.1, -0.05) is 20.8 Å². The van der Waals surface area contributed by atoms with Crippen molar-refractivity contribution >= 4 is 5.91 Å². The van der Waals surface area contributed by atoms with E-state index in [-0.39, 0.29) is 11.3 Å². The Balaban J connectivity index is 1.56. The molecule has 1 aliphatic carbocycles. The van der Waals surface area contributed by atoms with E-state index in [1.54, 1.807) is 11.0 Å². The lowest BCUT2D eigenvalue weighted by atomic mass is 9.65. The van der Waals surface area contributed by atoms with Crippen molar-refractivity contribution in [2.45, 2.75) is 46.1 Å². The third kappa shape index (κ3) is 2.62. The molecule has 1 aromatic heterocycles. The van der Waals surface area contributed by atoms with E-state index < -0.39 is 0 Å². The highest BCUT2D eigenvalue weighted by Gasteiger charge is 2.50. The first kappa shape index (κ1) is 15.4. The van der Waals surface area contributed by atoms with Gasteiger partial charge in [0.05, 0.1) is 5.69 Å². The fraction of sp³-hybridized carbons (Fsp3) is 0.526. The first-order valence-electron chi connectivity index (χ1n) is 8.61. The predicted molar refractivity (Wildman–Crippen MR) is 91.9 cm³/mol. The number of likely N-dealkylation sites (tertiary alicyclic amines) is 1. The molecule has 2 heterocycles. The lowest BCUT2D eigenvalue weighted by Gasteiger charge is -2.39. The summed E-state index contributed by atoms with van der Waals surface area (Å²) in [5.41, 5.74) is 2.26. The normalized spacial score (nSPS) is 28.1. The van der Waals surface area contributed by atoms with Crippen molar-refractivity contribution in [1.29, 1.82) is 0 Å². The zero-order valence-electron chi connectivity index (χ0n) is 14.6. The third-order valence-corrected chi connectivity index (χ3v) is 5.47. The first-order chi connectivity index (χ1) is 11.4. The summed E-state index contributed by atoms with van der Waals surface area (Å²) in [5.74, 6) is 0.159. The van der Waals surface area contributed by atoms with Gasteiger partial charge in [-0.05, 0) is 54.4 Å². The number of fused-ring (bicyclic) bond motifs is 2. The van der Waals surface area contributed by atoms with E-state index in [0.717, 1.165) is 30.6 Å². The Morgan fingerprint density at radius 3 is 2.58 bits per heavy atom. The number of aromatic nitrogens is 3. The van der Waals surface area contributed by atoms with E-state index >= 15 is 0 Å². The Kier molecular flexibility index (Phi) is 3.31. The average Bonchev–Trinajstić information content (AvgIpc) is 3.12. The summed E-state index contributed by atoms with van der Waals surface area (Å²) in [6.07, 6.45) is 6.60. The molecule has 0 N–H and O–H groups in total. The summed E-state index contributed by atoms with van der Waals surface area (Å²) in [5, 5.41) is 4.12. The second-order valence-electron chi connectivity index (χ2n) is 8.53. The van der Waals surface area contributed by atoms with Crippen LogP contribution in [-0.2, 0) is 0 Å². The van der Waals surface area contributed by atoms with Crippen LogP contribution in [0.25, 0.3) is 5.69 Å². The predicted octanol–water partition coefficient (Wildman–Crippen LogP) is 3.31. The molecule has 24 heavy (non-hydrogen) atoms. The van der Waals surface area contributed by atoms with Crippen LogP contribution in [0.15, 0.2) is 36.9 Å². The molecule has 4 rings (SSSR count). The molecule has 2 aromatic rings. The molecule has 2 bridgehead atoms. The van der Waals surface area contributed by atoms with E-state index in [4.69, 9.17) is 0 Å². The molecule has 0 radical (unpaired) electrons. The highest BCUT2D eigenvalue weighted by atomic mass is 16.2. The van der Waals surface area contributed by atoms with Crippen LogP contribution >= 0.6 is 0 Å². The van der Waals surface area contributed by atoms with Gasteiger partial charge in [-0.25, -0.2) is 9.67 Å². The number of hydrogen-bond donors (Lipinski definition) is 0. The number of carbonyl (C=O) groups excluding carboxylic acids is 1. The maximum atomic E-state index is 13.0. The molecule has 5 nitrogen and oxygen atoms in total. The zero-order valence-corrected chi connectivity index (χ0v) is 14.6. The van der Waals surface area contributed by atoms with Crippen molar-refractivity contribution < 1.29 is 4.79 Å². The number of benzene rings is 1. The number of amides is 1. The molecular formula is C19H24N4O. The molecule has 2 aliphatic rings. The first-order valence-corrected chi connectivity index (χ1v) is 8.61. The third-order valence-electron chi connectivity index (χ3n) is 5.47. The monoisotopic (exact) mass is 324 g/mol. The summed E-state index contributed by atoms with van der Waals surface area (Å²) < 4.78 is 1.70. The Morgan fingerprint density at radius 2 is 1.92 bits per heavy atom. The van der Waals surface area contributed by atoms with Crippen LogP contribution < -0.4 is 0 Å². The second-order valence-corrected chi connectivity index (χ2v) is 8.53. The van der Waals surface area contributed by atoms with Crippen LogP contribution in [0.3, 0.4) is 0 Å². The summed E-state index contributed by atoms with van der Waals surface area (Å²) in [6, 6.07) is 8.02. The number of nitrogens with zero attached hydrogens (tertiary/aromatic N) is 4. The smallest absolute Gasteiger partial charge is 0.254 e. The lowest BCUT2D eigenvalue weighted by molar-refractivity contribution is 0.0708. The largest absolute Gasteiger partial charge is 0.335 e. The highest BCUT2D eigenvalue weighted by Crippen LogP contribution is 2.52. The molecule has 2 fully saturated rings. The molecule has 1 saturated carbocycles. The van der Waals surface area contributed by atoms with Crippen LogP contribution in [-0.4, -0.2) is 38.2 Å². The van der Waals surface area contributed by atoms with Crippen LogP contribution in [0.1, 0.15) is 50.4 Å². The van der Waals surface area contributed by atoms with Gasteiger partial charge in [0.25, 0.3) is 5.91 Å². The van der Waals surface area contributed by atoms with E-state index in [2.05, 4.69) is 35.8 Å². The summed E-state index contributed by atoms with van der Waals surface area (Å²) in [6.45, 7) is 7.88. The summed E-state index contributed by atoms with van der Waals surface area (Å²) >= 11 is 0. The molecule has 1 amide bonds. The Morgan fingerprint density at radius 1 is 1.17 bits per heavy atom. The van der Waals surface area contributed by atoms with Crippen LogP contribution in [0.2, 0.25) is 0 Å². The fourth-order valence-electron chi connectivity index (χ4n) is 4.96. The summed E-state index contributed by atoms with van der Waals surface area (Å²) in [7, 11) is 0. The maximum absolute atomic E-state index is 13.0. The molecule has 126 valence electrons. The maximum Gasteiger partial charge on any atom is 0.254 e. The minimum atomic E-state index is 0.159. The quantitative estimate of drug-likeness (QED) is 0.851. The summed E-state index contributed by atoms with van der Waals surface area (Å²) in [4.78, 5) is 19.1. The van der Waals surface area contributed by atoms with Crippen molar-refractivity contribution in [2.75, 3.05) is 6.54 Å². The van der Waals surface area contributed by atoms with Gasteiger partial charge in [-0.3, -0.25) is 4.79 Å². The topological polar surface area (TPSA) is 51.0 Å². The van der Waals surface area contributed by atoms with Gasteiger partial charge in [0, 0.05) is 18.2 Å². The fourth-order valence-corrected chi connectivity index (χ4v) is 4.96. The SMILES string of the molecule is CC1(C)CC2CC(C)(CN2C(=O)c2ccc(-n3cncn3)cc2)C1. The molecule has 5 heteroatoms. The second kappa shape index (κ2) is 5.16. The highest BCUT2D eigenvalue weighted by molar-refractivity contribution is 5.95. The van der Waals surface area contributed by atoms with Crippen molar-refractivity contribution in [3.8, 4) is 5.69 Å². The Bertz CT molecular complexity index is 750. The van der Waals surface area contributed by atoms with Crippen molar-refractivity contribution in [3.63, 3.8) is 0 Å². The molecule has 2 atom stereocenters. The molecule has 1 aromatic carbocycles. The van der Waals surface area contributed by atoms with Crippen LogP contribution in [0, 0.1) is 10.8 Å². The van der Waals surface area contributed by atoms with E-state index in [1.165, 1.54) is 12.7 Å². The van der Waals surface area contributed by atoms with Crippen LogP contribution in [0.4, 0.5) is 0 Å². The van der Waals surface area contributed by atoms with Gasteiger partial charge in [-0.2, -0.15) is 5.10 Å². The van der Waals surface area contributed by atoms with E-state index in [1.807, 2.05) is 24.3 Å². The number of carbonyl (C=O) groups is 1. The minimum absolute atomic E-state index is 0.159. The molecular weight excluding hydrogens is 300 g/mol. The van der Waals surface area contributed by atoms with Gasteiger partial charge in [0.1, 0.15) is 12.7 Å². The van der Waals surface area contributed by atoms with Crippen molar-refractivity contribution in [1.82, 2.24) is 19.7 Å². The van der Waals surface area contributed by atoms with E-state index in [9.17, 15) is 4.79 Å². The van der Waals surface area contributed by atoms with Gasteiger partial charge >= 0.3 is 0 Å². The standard InChI is InChI=1S/C19H24N4O/c1-18(2)8-16-9-19(3,10-18)11-22(16)17(24)14-4-6-15(7-5-14)23-13-20-12-21-23/h4-7,12-13,16H,8-11H2,1-3H3. The minimum Gasteiger partial charge on any atom is -0.335 e. The molecule has 0 spiro atoms. The van der Waals surface area contributed by atoms with Gasteiger partial charge in [0.15, 0.2) is 0 Å². The molecule has 1 saturated heterocycles. The van der Waals surface area contributed by atoms with Gasteiger partial charge in [-0.15, -0.1) is 0 Å². The zero-order chi connectivity index (χ0) is 16.9. The molecule has 1 aliphatic heterocycles. The van der Waals surface area contributed by atoms with Crippen molar-refractivity contribution in [3.05, 3.63) is 42.5 Å². The number of rotatable bonds is 2. The van der Waals surface area contributed by atoms with Gasteiger partial charge < -0.3 is 4.90 Å². The lowest BCUT2D eigenvalue weighted by Crippen LogP contribution is -2.37. The molecule has 2 unspecified atom stereocenters. The van der Waals surface area contributed by atoms with Crippen LogP contribution in [0.5, 0.6) is 0 Å². The van der Waals surface area contributed by atoms with Gasteiger partial charge in [0.2, 0.25) is 0 Å². The van der Waals surface area contributed by atoms with E-state index in [0.29, 0.717) is 11.5 Å². The Labute approximate surface area is 142 Å². The van der Waals surface area contributed by atoms with Crippen molar-refractivity contribution in [2.24, 2.45) is 10.8 Å². The Hall–Kier alpha value is -2.17. The number of hydrogen-bond acceptors (Lipinski definition) is 3.